The summed E-state index contributed by atoms with van der Waals surface area (Å²) in [5.74, 6) is -0.273. The lowest BCUT2D eigenvalue weighted by atomic mass is 10.2. The number of rotatable bonds is 4. The highest BCUT2D eigenvalue weighted by molar-refractivity contribution is 9.10. The monoisotopic (exact) mass is 329 g/mol. The van der Waals surface area contributed by atoms with Gasteiger partial charge in [-0.05, 0) is 18.2 Å². The Bertz CT molecular complexity index is 542. The third kappa shape index (κ3) is 3.34. The molecule has 2 rings (SSSR count). The minimum absolute atomic E-state index is 0.273. The van der Waals surface area contributed by atoms with Gasteiger partial charge in [0, 0.05) is 22.6 Å². The predicted molar refractivity (Wildman–Crippen MR) is 75.0 cm³/mol. The molecule has 96 valence electrons. The molecule has 2 aromatic rings. The van der Waals surface area contributed by atoms with E-state index in [2.05, 4.69) is 45.3 Å². The fourth-order valence-electron chi connectivity index (χ4n) is 1.39. The molecule has 0 atom stereocenters. The summed E-state index contributed by atoms with van der Waals surface area (Å²) in [5.41, 5.74) is 0.739. The molecule has 0 fully saturated rings. The Balaban J connectivity index is 2.21. The summed E-state index contributed by atoms with van der Waals surface area (Å²) in [4.78, 5) is 0. The molecule has 1 N–H and O–H groups in total. The lowest BCUT2D eigenvalue weighted by molar-refractivity contribution is 0.585. The van der Waals surface area contributed by atoms with Crippen LogP contribution in [0, 0.1) is 5.82 Å². The second kappa shape index (κ2) is 5.86. The van der Waals surface area contributed by atoms with Gasteiger partial charge in [0.15, 0.2) is 0 Å². The van der Waals surface area contributed by atoms with Gasteiger partial charge in [0.2, 0.25) is 0 Å². The van der Waals surface area contributed by atoms with Crippen LogP contribution < -0.4 is 5.32 Å². The topological polar surface area (TPSA) is 37.8 Å². The van der Waals surface area contributed by atoms with Gasteiger partial charge in [-0.2, -0.15) is 0 Å². The van der Waals surface area contributed by atoms with Gasteiger partial charge >= 0.3 is 0 Å². The highest BCUT2D eigenvalue weighted by Gasteiger charge is 2.11. The van der Waals surface area contributed by atoms with E-state index in [0.717, 1.165) is 20.1 Å². The van der Waals surface area contributed by atoms with Crippen molar-refractivity contribution in [2.45, 2.75) is 26.4 Å². The SMILES string of the molecule is CC(C)NCc1nnc(-c2cc(F)ccc2Br)s1. The third-order valence-corrected chi connectivity index (χ3v) is 3.94. The van der Waals surface area contributed by atoms with E-state index >= 15 is 0 Å². The van der Waals surface area contributed by atoms with E-state index in [-0.39, 0.29) is 5.82 Å². The molecule has 0 aliphatic rings. The average molecular weight is 330 g/mol. The fourth-order valence-corrected chi connectivity index (χ4v) is 2.77. The quantitative estimate of drug-likeness (QED) is 0.931. The van der Waals surface area contributed by atoms with Crippen LogP contribution in [0.25, 0.3) is 10.6 Å². The van der Waals surface area contributed by atoms with Gasteiger partial charge < -0.3 is 5.32 Å². The number of hydrogen-bond donors (Lipinski definition) is 1. The Labute approximate surface area is 118 Å². The number of nitrogens with one attached hydrogen (secondary N) is 1. The van der Waals surface area contributed by atoms with Gasteiger partial charge in [-0.15, -0.1) is 10.2 Å². The van der Waals surface area contributed by atoms with E-state index in [1.165, 1.54) is 23.5 Å². The maximum absolute atomic E-state index is 13.2. The van der Waals surface area contributed by atoms with Crippen molar-refractivity contribution in [1.29, 1.82) is 0 Å². The molecule has 1 aromatic carbocycles. The molecule has 0 unspecified atom stereocenters. The molecule has 0 saturated heterocycles. The van der Waals surface area contributed by atoms with Crippen molar-refractivity contribution in [3.8, 4) is 10.6 Å². The Morgan fingerprint density at radius 1 is 1.39 bits per heavy atom. The van der Waals surface area contributed by atoms with Crippen LogP contribution in [0.3, 0.4) is 0 Å². The van der Waals surface area contributed by atoms with Gasteiger partial charge in [-0.3, -0.25) is 0 Å². The van der Waals surface area contributed by atoms with E-state index in [9.17, 15) is 4.39 Å². The molecule has 0 spiro atoms. The summed E-state index contributed by atoms with van der Waals surface area (Å²) in [7, 11) is 0. The molecule has 0 amide bonds. The van der Waals surface area contributed by atoms with E-state index in [1.807, 2.05) is 0 Å². The van der Waals surface area contributed by atoms with E-state index in [1.54, 1.807) is 6.07 Å². The van der Waals surface area contributed by atoms with Crippen LogP contribution in [0.5, 0.6) is 0 Å². The second-order valence-electron chi connectivity index (χ2n) is 4.16. The van der Waals surface area contributed by atoms with Gasteiger partial charge in [-0.25, -0.2) is 4.39 Å². The smallest absolute Gasteiger partial charge is 0.149 e. The lowest BCUT2D eigenvalue weighted by Gasteiger charge is -2.03. The normalized spacial score (nSPS) is 11.2. The van der Waals surface area contributed by atoms with Crippen molar-refractivity contribution in [1.82, 2.24) is 15.5 Å². The van der Waals surface area contributed by atoms with Crippen LogP contribution in [-0.4, -0.2) is 16.2 Å². The molecular formula is C12H13BrFN3S. The van der Waals surface area contributed by atoms with Crippen molar-refractivity contribution < 1.29 is 4.39 Å². The Morgan fingerprint density at radius 3 is 2.89 bits per heavy atom. The first-order chi connectivity index (χ1) is 8.56. The molecular weight excluding hydrogens is 317 g/mol. The minimum Gasteiger partial charge on any atom is -0.308 e. The molecule has 0 saturated carbocycles. The molecule has 6 heteroatoms. The molecule has 0 aliphatic heterocycles. The number of halogens is 2. The zero-order valence-corrected chi connectivity index (χ0v) is 12.5. The van der Waals surface area contributed by atoms with Crippen molar-refractivity contribution in [2.75, 3.05) is 0 Å². The number of nitrogens with zero attached hydrogens (tertiary/aromatic N) is 2. The van der Waals surface area contributed by atoms with Crippen LogP contribution in [0.2, 0.25) is 0 Å². The second-order valence-corrected chi connectivity index (χ2v) is 6.08. The highest BCUT2D eigenvalue weighted by Crippen LogP contribution is 2.31. The first kappa shape index (κ1) is 13.6. The molecule has 0 bridgehead atoms. The van der Waals surface area contributed by atoms with Gasteiger partial charge in [0.25, 0.3) is 0 Å². The lowest BCUT2D eigenvalue weighted by Crippen LogP contribution is -2.21. The van der Waals surface area contributed by atoms with Gasteiger partial charge in [-0.1, -0.05) is 41.1 Å². The van der Waals surface area contributed by atoms with E-state index in [4.69, 9.17) is 0 Å². The summed E-state index contributed by atoms with van der Waals surface area (Å²) in [6.45, 7) is 4.83. The summed E-state index contributed by atoms with van der Waals surface area (Å²) in [5, 5.41) is 13.1. The first-order valence-electron chi connectivity index (χ1n) is 5.57. The molecule has 1 aromatic heterocycles. The van der Waals surface area contributed by atoms with Crippen LogP contribution >= 0.6 is 27.3 Å². The summed E-state index contributed by atoms with van der Waals surface area (Å²) >= 11 is 4.86. The van der Waals surface area contributed by atoms with Crippen molar-refractivity contribution in [3.63, 3.8) is 0 Å². The van der Waals surface area contributed by atoms with Crippen LogP contribution in [0.15, 0.2) is 22.7 Å². The zero-order chi connectivity index (χ0) is 13.1. The number of hydrogen-bond acceptors (Lipinski definition) is 4. The van der Waals surface area contributed by atoms with Crippen molar-refractivity contribution in [3.05, 3.63) is 33.5 Å². The number of benzene rings is 1. The first-order valence-corrected chi connectivity index (χ1v) is 7.18. The van der Waals surface area contributed by atoms with Crippen molar-refractivity contribution >= 4 is 27.3 Å². The summed E-state index contributed by atoms with van der Waals surface area (Å²) < 4.78 is 14.0. The zero-order valence-electron chi connectivity index (χ0n) is 10.1. The predicted octanol–water partition coefficient (Wildman–Crippen LogP) is 3.60. The van der Waals surface area contributed by atoms with Crippen LogP contribution in [-0.2, 0) is 6.54 Å². The fraction of sp³-hybridized carbons (Fsp3) is 0.333. The average Bonchev–Trinajstić information content (AvgIpc) is 2.78. The van der Waals surface area contributed by atoms with Gasteiger partial charge in [0.1, 0.15) is 15.8 Å². The Kier molecular flexibility index (Phi) is 4.42. The van der Waals surface area contributed by atoms with Crippen LogP contribution in [0.4, 0.5) is 4.39 Å². The standard InChI is InChI=1S/C12H13BrFN3S/c1-7(2)15-6-11-16-17-12(18-11)9-5-8(14)3-4-10(9)13/h3-5,7,15H,6H2,1-2H3. The Hall–Kier alpha value is -0.850. The molecule has 0 aliphatic carbocycles. The van der Waals surface area contributed by atoms with Crippen molar-refractivity contribution in [2.24, 2.45) is 0 Å². The third-order valence-electron chi connectivity index (χ3n) is 2.29. The largest absolute Gasteiger partial charge is 0.308 e. The maximum atomic E-state index is 13.2. The maximum Gasteiger partial charge on any atom is 0.149 e. The molecule has 18 heavy (non-hydrogen) atoms. The Morgan fingerprint density at radius 2 is 2.17 bits per heavy atom. The summed E-state index contributed by atoms with van der Waals surface area (Å²) in [6, 6.07) is 4.95. The van der Waals surface area contributed by atoms with E-state index in [0.29, 0.717) is 12.6 Å². The van der Waals surface area contributed by atoms with E-state index < -0.39 is 0 Å². The highest BCUT2D eigenvalue weighted by atomic mass is 79.9. The minimum atomic E-state index is -0.273. The van der Waals surface area contributed by atoms with Crippen LogP contribution in [0.1, 0.15) is 18.9 Å². The molecule has 3 nitrogen and oxygen atoms in total. The summed E-state index contributed by atoms with van der Waals surface area (Å²) in [6.07, 6.45) is 0. The molecule has 0 radical (unpaired) electrons. The molecule has 1 heterocycles. The van der Waals surface area contributed by atoms with Gasteiger partial charge in [0.05, 0.1) is 0 Å². The number of aromatic nitrogens is 2.